The van der Waals surface area contributed by atoms with Crippen molar-refractivity contribution in [1.29, 1.82) is 0 Å². The van der Waals surface area contributed by atoms with E-state index in [-0.39, 0.29) is 18.9 Å². The van der Waals surface area contributed by atoms with Crippen LogP contribution in [-0.2, 0) is 4.79 Å². The molecular weight excluding hydrogens is 232 g/mol. The number of carbonyl (C=O) groups is 1. The zero-order chi connectivity index (χ0) is 13.6. The van der Waals surface area contributed by atoms with Crippen LogP contribution in [0, 0.1) is 0 Å². The largest absolute Gasteiger partial charge is 0.394 e. The van der Waals surface area contributed by atoms with Gasteiger partial charge in [0.2, 0.25) is 5.91 Å². The molecule has 100 valence electrons. The highest BCUT2D eigenvalue weighted by atomic mass is 16.3. The number of carbonyl (C=O) groups excluding carboxylic acids is 1. The Kier molecular flexibility index (Phi) is 5.06. The molecule has 0 unspecified atom stereocenters. The quantitative estimate of drug-likeness (QED) is 0.592. The van der Waals surface area contributed by atoms with E-state index in [2.05, 4.69) is 15.6 Å². The Bertz CT molecular complexity index is 390. The lowest BCUT2D eigenvalue weighted by atomic mass is 10.1. The lowest BCUT2D eigenvalue weighted by molar-refractivity contribution is -0.116. The molecule has 0 aromatic carbocycles. The van der Waals surface area contributed by atoms with Gasteiger partial charge in [-0.05, 0) is 26.0 Å². The molecule has 6 nitrogen and oxygen atoms in total. The number of rotatable bonds is 6. The number of aromatic nitrogens is 1. The summed E-state index contributed by atoms with van der Waals surface area (Å²) in [5.41, 5.74) is 5.47. The van der Waals surface area contributed by atoms with E-state index in [4.69, 9.17) is 10.8 Å². The molecule has 0 saturated carbocycles. The highest BCUT2D eigenvalue weighted by molar-refractivity contribution is 5.90. The number of aliphatic hydroxyl groups excluding tert-OH is 1. The summed E-state index contributed by atoms with van der Waals surface area (Å²) in [5, 5.41) is 14.9. The van der Waals surface area contributed by atoms with Gasteiger partial charge in [-0.1, -0.05) is 0 Å². The van der Waals surface area contributed by atoms with E-state index >= 15 is 0 Å². The van der Waals surface area contributed by atoms with Crippen molar-refractivity contribution in [3.8, 4) is 0 Å². The Morgan fingerprint density at radius 2 is 2.22 bits per heavy atom. The molecule has 1 rings (SSSR count). The van der Waals surface area contributed by atoms with Gasteiger partial charge in [0, 0.05) is 13.0 Å². The Hall–Kier alpha value is -1.66. The minimum atomic E-state index is -0.433. The number of anilines is 2. The van der Waals surface area contributed by atoms with Crippen molar-refractivity contribution < 1.29 is 9.90 Å². The number of hydrogen-bond donors (Lipinski definition) is 4. The Morgan fingerprint density at radius 1 is 1.50 bits per heavy atom. The van der Waals surface area contributed by atoms with Crippen molar-refractivity contribution in [3.63, 3.8) is 0 Å². The maximum Gasteiger partial charge on any atom is 0.225 e. The lowest BCUT2D eigenvalue weighted by Crippen LogP contribution is -2.35. The van der Waals surface area contributed by atoms with Gasteiger partial charge >= 0.3 is 0 Å². The second kappa shape index (κ2) is 6.32. The van der Waals surface area contributed by atoms with E-state index in [1.807, 2.05) is 13.8 Å². The van der Waals surface area contributed by atoms with E-state index < -0.39 is 5.54 Å². The molecule has 1 aromatic heterocycles. The molecule has 0 aliphatic carbocycles. The fraction of sp³-hybridized carbons (Fsp3) is 0.500. The van der Waals surface area contributed by atoms with Crippen LogP contribution < -0.4 is 16.4 Å². The van der Waals surface area contributed by atoms with Gasteiger partial charge in [-0.2, -0.15) is 0 Å². The Morgan fingerprint density at radius 3 is 2.72 bits per heavy atom. The standard InChI is InChI=1S/C12H20N4O2/c1-12(2,8-17)16-10-4-3-9(7-14-10)15-11(18)5-6-13/h3-4,7,17H,5-6,8,13H2,1-2H3,(H,14,16)(H,15,18). The summed E-state index contributed by atoms with van der Waals surface area (Å²) in [6.07, 6.45) is 1.85. The van der Waals surface area contributed by atoms with Crippen LogP contribution in [0.3, 0.4) is 0 Å². The maximum atomic E-state index is 11.3. The molecule has 5 N–H and O–H groups in total. The van der Waals surface area contributed by atoms with Crippen molar-refractivity contribution in [2.24, 2.45) is 5.73 Å². The SMILES string of the molecule is CC(C)(CO)Nc1ccc(NC(=O)CCN)cn1. The van der Waals surface area contributed by atoms with Crippen molar-refractivity contribution in [3.05, 3.63) is 18.3 Å². The minimum absolute atomic E-state index is 0.00364. The zero-order valence-electron chi connectivity index (χ0n) is 10.7. The molecule has 0 aliphatic heterocycles. The zero-order valence-corrected chi connectivity index (χ0v) is 10.7. The monoisotopic (exact) mass is 252 g/mol. The van der Waals surface area contributed by atoms with Gasteiger partial charge in [0.05, 0.1) is 24.0 Å². The normalized spacial score (nSPS) is 11.1. The predicted octanol–water partition coefficient (Wildman–Crippen LogP) is 0.552. The van der Waals surface area contributed by atoms with E-state index in [1.54, 1.807) is 18.3 Å². The third-order valence-electron chi connectivity index (χ3n) is 2.28. The van der Waals surface area contributed by atoms with E-state index in [0.29, 0.717) is 18.1 Å². The van der Waals surface area contributed by atoms with Gasteiger partial charge in [-0.25, -0.2) is 4.98 Å². The average Bonchev–Trinajstić information content (AvgIpc) is 2.32. The van der Waals surface area contributed by atoms with E-state index in [0.717, 1.165) is 0 Å². The van der Waals surface area contributed by atoms with Crippen molar-refractivity contribution in [2.45, 2.75) is 25.8 Å². The van der Waals surface area contributed by atoms with Crippen LogP contribution in [0.1, 0.15) is 20.3 Å². The summed E-state index contributed by atoms with van der Waals surface area (Å²) in [5.74, 6) is 0.515. The van der Waals surface area contributed by atoms with Crippen LogP contribution in [0.5, 0.6) is 0 Å². The lowest BCUT2D eigenvalue weighted by Gasteiger charge is -2.24. The second-order valence-electron chi connectivity index (χ2n) is 4.69. The molecule has 0 spiro atoms. The van der Waals surface area contributed by atoms with Crippen LogP contribution in [0.4, 0.5) is 11.5 Å². The number of pyridine rings is 1. The van der Waals surface area contributed by atoms with Gasteiger partial charge in [0.15, 0.2) is 0 Å². The van der Waals surface area contributed by atoms with Crippen molar-refractivity contribution >= 4 is 17.4 Å². The van der Waals surface area contributed by atoms with Crippen molar-refractivity contribution in [1.82, 2.24) is 4.98 Å². The van der Waals surface area contributed by atoms with E-state index in [1.165, 1.54) is 0 Å². The predicted molar refractivity (Wildman–Crippen MR) is 71.3 cm³/mol. The molecule has 18 heavy (non-hydrogen) atoms. The first kappa shape index (κ1) is 14.4. The molecule has 0 fully saturated rings. The number of nitrogens with one attached hydrogen (secondary N) is 2. The van der Waals surface area contributed by atoms with E-state index in [9.17, 15) is 4.79 Å². The highest BCUT2D eigenvalue weighted by Gasteiger charge is 2.15. The van der Waals surface area contributed by atoms with Crippen LogP contribution >= 0.6 is 0 Å². The van der Waals surface area contributed by atoms with Gasteiger partial charge in [0.1, 0.15) is 5.82 Å². The first-order chi connectivity index (χ1) is 8.46. The molecule has 0 aliphatic rings. The smallest absolute Gasteiger partial charge is 0.225 e. The van der Waals surface area contributed by atoms with Crippen LogP contribution in [-0.4, -0.2) is 34.7 Å². The minimum Gasteiger partial charge on any atom is -0.394 e. The average molecular weight is 252 g/mol. The van der Waals surface area contributed by atoms with Crippen LogP contribution in [0.25, 0.3) is 0 Å². The second-order valence-corrected chi connectivity index (χ2v) is 4.69. The molecule has 0 bridgehead atoms. The summed E-state index contributed by atoms with van der Waals surface area (Å²) in [6, 6.07) is 3.49. The first-order valence-corrected chi connectivity index (χ1v) is 5.82. The molecule has 1 heterocycles. The number of aliphatic hydroxyl groups is 1. The van der Waals surface area contributed by atoms with Gasteiger partial charge in [-0.3, -0.25) is 4.79 Å². The Labute approximate surface area is 107 Å². The molecule has 1 aromatic rings. The van der Waals surface area contributed by atoms with Crippen molar-refractivity contribution in [2.75, 3.05) is 23.8 Å². The highest BCUT2D eigenvalue weighted by Crippen LogP contribution is 2.14. The molecule has 0 radical (unpaired) electrons. The number of hydrogen-bond acceptors (Lipinski definition) is 5. The molecular formula is C12H20N4O2. The van der Waals surface area contributed by atoms with Gasteiger partial charge in [-0.15, -0.1) is 0 Å². The van der Waals surface area contributed by atoms with Crippen LogP contribution in [0.15, 0.2) is 18.3 Å². The van der Waals surface area contributed by atoms with Gasteiger partial charge in [0.25, 0.3) is 0 Å². The number of nitrogens with two attached hydrogens (primary N) is 1. The summed E-state index contributed by atoms with van der Waals surface area (Å²) < 4.78 is 0. The fourth-order valence-corrected chi connectivity index (χ4v) is 1.28. The third kappa shape index (κ3) is 4.68. The molecule has 0 atom stereocenters. The topological polar surface area (TPSA) is 100 Å². The van der Waals surface area contributed by atoms with Crippen LogP contribution in [0.2, 0.25) is 0 Å². The third-order valence-corrected chi connectivity index (χ3v) is 2.28. The molecule has 6 heteroatoms. The summed E-state index contributed by atoms with van der Waals surface area (Å²) in [4.78, 5) is 15.5. The fourth-order valence-electron chi connectivity index (χ4n) is 1.28. The number of nitrogens with zero attached hydrogens (tertiary/aromatic N) is 1. The summed E-state index contributed by atoms with van der Waals surface area (Å²) in [7, 11) is 0. The van der Waals surface area contributed by atoms with Gasteiger partial charge < -0.3 is 21.5 Å². The summed E-state index contributed by atoms with van der Waals surface area (Å²) >= 11 is 0. The first-order valence-electron chi connectivity index (χ1n) is 5.82. The Balaban J connectivity index is 2.60. The summed E-state index contributed by atoms with van der Waals surface area (Å²) in [6.45, 7) is 4.06. The molecule has 0 saturated heterocycles. The number of amides is 1. The molecule has 1 amide bonds. The maximum absolute atomic E-state index is 11.3.